The first kappa shape index (κ1) is 40.7. The molecule has 0 aromatic carbocycles. The van der Waals surface area contributed by atoms with E-state index in [0.717, 1.165) is 70.6 Å². The van der Waals surface area contributed by atoms with Crippen LogP contribution in [0, 0.1) is 0 Å². The Bertz CT molecular complexity index is 600. The van der Waals surface area contributed by atoms with E-state index in [4.69, 9.17) is 9.84 Å². The van der Waals surface area contributed by atoms with Gasteiger partial charge in [0.25, 0.3) is 0 Å². The summed E-state index contributed by atoms with van der Waals surface area (Å²) in [6.45, 7) is 4.54. The summed E-state index contributed by atoms with van der Waals surface area (Å²) in [5.41, 5.74) is 0. The van der Waals surface area contributed by atoms with E-state index in [1.54, 1.807) is 0 Å². The molecule has 1 atom stereocenters. The molecule has 42 heavy (non-hydrogen) atoms. The Morgan fingerprint density at radius 3 is 1.38 bits per heavy atom. The van der Waals surface area contributed by atoms with E-state index in [1.165, 1.54) is 116 Å². The molecule has 4 nitrogen and oxygen atoms in total. The fraction of sp³-hybridized carbons (Fsp3) is 0.895. The number of carboxylic acids is 1. The van der Waals surface area contributed by atoms with Gasteiger partial charge in [0.15, 0.2) is 0 Å². The number of carbonyl (C=O) groups excluding carboxylic acids is 1. The van der Waals surface area contributed by atoms with Gasteiger partial charge in [0, 0.05) is 12.8 Å². The summed E-state index contributed by atoms with van der Waals surface area (Å²) in [4.78, 5) is 23.3. The van der Waals surface area contributed by atoms with Crippen molar-refractivity contribution in [3.05, 3.63) is 12.2 Å². The quantitative estimate of drug-likeness (QED) is 0.0458. The van der Waals surface area contributed by atoms with Crippen molar-refractivity contribution in [1.29, 1.82) is 0 Å². The predicted octanol–water partition coefficient (Wildman–Crippen LogP) is 12.7. The highest BCUT2D eigenvalue weighted by Gasteiger charge is 2.14. The summed E-state index contributed by atoms with van der Waals surface area (Å²) in [6, 6.07) is 0. The minimum Gasteiger partial charge on any atom is -0.481 e. The molecule has 1 unspecified atom stereocenters. The lowest BCUT2D eigenvalue weighted by Gasteiger charge is -2.18. The zero-order valence-electron chi connectivity index (χ0n) is 28.3. The van der Waals surface area contributed by atoms with Crippen molar-refractivity contribution in [3.8, 4) is 0 Å². The summed E-state index contributed by atoms with van der Waals surface area (Å²) in [5, 5.41) is 8.79. The van der Waals surface area contributed by atoms with Crippen LogP contribution >= 0.6 is 0 Å². The molecule has 0 amide bonds. The molecule has 0 aliphatic rings. The van der Waals surface area contributed by atoms with Crippen molar-refractivity contribution >= 4 is 11.9 Å². The summed E-state index contributed by atoms with van der Waals surface area (Å²) >= 11 is 0. The molecular weight excluding hydrogens is 520 g/mol. The SMILES string of the molecule is CCCCCCCC/C=C\CCCC(CCCCCCCC(=O)O)OC(=O)CCCCCCCCCCCCCCC. The van der Waals surface area contributed by atoms with Crippen molar-refractivity contribution in [1.82, 2.24) is 0 Å². The number of aliphatic carboxylic acids is 1. The molecule has 0 aliphatic heterocycles. The van der Waals surface area contributed by atoms with Gasteiger partial charge in [-0.2, -0.15) is 0 Å². The van der Waals surface area contributed by atoms with E-state index in [1.807, 2.05) is 0 Å². The van der Waals surface area contributed by atoms with E-state index >= 15 is 0 Å². The maximum Gasteiger partial charge on any atom is 0.306 e. The van der Waals surface area contributed by atoms with Crippen LogP contribution in [0.1, 0.15) is 213 Å². The third kappa shape index (κ3) is 33.2. The van der Waals surface area contributed by atoms with E-state index in [-0.39, 0.29) is 18.5 Å². The topological polar surface area (TPSA) is 63.6 Å². The van der Waals surface area contributed by atoms with Gasteiger partial charge in [-0.05, 0) is 57.8 Å². The van der Waals surface area contributed by atoms with E-state index in [0.29, 0.717) is 6.42 Å². The molecule has 0 aromatic rings. The molecule has 0 bridgehead atoms. The molecule has 248 valence electrons. The van der Waals surface area contributed by atoms with Gasteiger partial charge in [-0.15, -0.1) is 0 Å². The minimum atomic E-state index is -0.702. The van der Waals surface area contributed by atoms with E-state index < -0.39 is 5.97 Å². The van der Waals surface area contributed by atoms with E-state index in [9.17, 15) is 9.59 Å². The molecule has 0 aliphatic carbocycles. The highest BCUT2D eigenvalue weighted by Crippen LogP contribution is 2.18. The zero-order valence-corrected chi connectivity index (χ0v) is 28.3. The zero-order chi connectivity index (χ0) is 30.8. The fourth-order valence-electron chi connectivity index (χ4n) is 5.71. The molecule has 0 heterocycles. The van der Waals surface area contributed by atoms with Crippen molar-refractivity contribution < 1.29 is 19.4 Å². The average Bonchev–Trinajstić information content (AvgIpc) is 2.97. The van der Waals surface area contributed by atoms with Crippen LogP contribution in [0.2, 0.25) is 0 Å². The Morgan fingerprint density at radius 2 is 0.881 bits per heavy atom. The summed E-state index contributed by atoms with van der Waals surface area (Å²) in [7, 11) is 0. The average molecular weight is 593 g/mol. The third-order valence-corrected chi connectivity index (χ3v) is 8.49. The standard InChI is InChI=1S/C38H72O4/c1-3-5-7-9-11-13-15-16-18-20-22-27-31-35-38(41)42-36(33-29-25-23-26-30-34-37(39)40)32-28-24-21-19-17-14-12-10-8-6-4-2/h19,21,36H,3-18,20,22-35H2,1-2H3,(H,39,40)/b21-19-. The Labute approximate surface area is 262 Å². The second kappa shape index (κ2) is 34.2. The first-order valence-electron chi connectivity index (χ1n) is 18.7. The molecule has 0 fully saturated rings. The van der Waals surface area contributed by atoms with Gasteiger partial charge in [0.2, 0.25) is 0 Å². The highest BCUT2D eigenvalue weighted by molar-refractivity contribution is 5.69. The Balaban J connectivity index is 4.06. The second-order valence-corrected chi connectivity index (χ2v) is 12.8. The largest absolute Gasteiger partial charge is 0.481 e. The van der Waals surface area contributed by atoms with Crippen molar-refractivity contribution in [2.24, 2.45) is 0 Å². The lowest BCUT2D eigenvalue weighted by molar-refractivity contribution is -0.150. The maximum absolute atomic E-state index is 12.6. The molecule has 1 N–H and O–H groups in total. The highest BCUT2D eigenvalue weighted by atomic mass is 16.5. The van der Waals surface area contributed by atoms with Crippen LogP contribution in [-0.2, 0) is 14.3 Å². The number of rotatable bonds is 34. The van der Waals surface area contributed by atoms with E-state index in [2.05, 4.69) is 26.0 Å². The lowest BCUT2D eigenvalue weighted by atomic mass is 10.0. The molecule has 0 aromatic heterocycles. The first-order valence-corrected chi connectivity index (χ1v) is 18.7. The summed E-state index contributed by atoms with van der Waals surface area (Å²) in [6.07, 6.45) is 40.8. The number of esters is 1. The molecule has 4 heteroatoms. The maximum atomic E-state index is 12.6. The minimum absolute atomic E-state index is 0.0110. The van der Waals surface area contributed by atoms with Gasteiger partial charge in [-0.3, -0.25) is 9.59 Å². The first-order chi connectivity index (χ1) is 20.6. The van der Waals surface area contributed by atoms with Crippen LogP contribution in [-0.4, -0.2) is 23.1 Å². The molecule has 0 radical (unpaired) electrons. The van der Waals surface area contributed by atoms with Crippen LogP contribution in [0.5, 0.6) is 0 Å². The second-order valence-electron chi connectivity index (χ2n) is 12.8. The number of ether oxygens (including phenoxy) is 1. The smallest absolute Gasteiger partial charge is 0.306 e. The monoisotopic (exact) mass is 593 g/mol. The number of hydrogen-bond donors (Lipinski definition) is 1. The number of unbranched alkanes of at least 4 members (excludes halogenated alkanes) is 23. The van der Waals surface area contributed by atoms with Gasteiger partial charge in [0.1, 0.15) is 6.10 Å². The number of carbonyl (C=O) groups is 2. The summed E-state index contributed by atoms with van der Waals surface area (Å²) < 4.78 is 5.97. The van der Waals surface area contributed by atoms with Gasteiger partial charge >= 0.3 is 11.9 Å². The van der Waals surface area contributed by atoms with Gasteiger partial charge in [-0.25, -0.2) is 0 Å². The van der Waals surface area contributed by atoms with Crippen molar-refractivity contribution in [2.75, 3.05) is 0 Å². The Morgan fingerprint density at radius 1 is 0.500 bits per heavy atom. The van der Waals surface area contributed by atoms with Crippen molar-refractivity contribution in [3.63, 3.8) is 0 Å². The molecule has 0 rings (SSSR count). The van der Waals surface area contributed by atoms with Crippen molar-refractivity contribution in [2.45, 2.75) is 219 Å². The van der Waals surface area contributed by atoms with Crippen LogP contribution in [0.25, 0.3) is 0 Å². The molecule has 0 saturated heterocycles. The van der Waals surface area contributed by atoms with Crippen LogP contribution < -0.4 is 0 Å². The predicted molar refractivity (Wildman–Crippen MR) is 181 cm³/mol. The molecule has 0 saturated carbocycles. The molecule has 0 spiro atoms. The number of carboxylic acid groups (broad SMARTS) is 1. The summed E-state index contributed by atoms with van der Waals surface area (Å²) in [5.74, 6) is -0.713. The Kier molecular flexibility index (Phi) is 33.1. The van der Waals surface area contributed by atoms with Crippen LogP contribution in [0.15, 0.2) is 12.2 Å². The fourth-order valence-corrected chi connectivity index (χ4v) is 5.71. The number of allylic oxidation sites excluding steroid dienone is 2. The Hall–Kier alpha value is -1.32. The normalized spacial score (nSPS) is 12.2. The van der Waals surface area contributed by atoms with Gasteiger partial charge in [0.05, 0.1) is 0 Å². The van der Waals surface area contributed by atoms with Gasteiger partial charge < -0.3 is 9.84 Å². The number of hydrogen-bond acceptors (Lipinski definition) is 3. The molecular formula is C38H72O4. The van der Waals surface area contributed by atoms with Crippen LogP contribution in [0.3, 0.4) is 0 Å². The third-order valence-electron chi connectivity index (χ3n) is 8.49. The lowest BCUT2D eigenvalue weighted by Crippen LogP contribution is -2.18. The van der Waals surface area contributed by atoms with Gasteiger partial charge in [-0.1, -0.05) is 154 Å². The van der Waals surface area contributed by atoms with Crippen LogP contribution in [0.4, 0.5) is 0 Å².